The van der Waals surface area contributed by atoms with Crippen molar-refractivity contribution in [2.24, 2.45) is 0 Å². The van der Waals surface area contributed by atoms with Gasteiger partial charge in [-0.05, 0) is 32.0 Å². The summed E-state index contributed by atoms with van der Waals surface area (Å²) in [5, 5.41) is 0. The standard InChI is InChI=1S/C14H13F3N2O5S/c1-8-7-10(9(2)23-8)13(20)18-19-25(21,22)12-6-4-3-5-11(12)24-14(15,16)17/h3-7,19H,1-2H3,(H,18,20). The summed E-state index contributed by atoms with van der Waals surface area (Å²) < 4.78 is 70.3. The average Bonchev–Trinajstić information content (AvgIpc) is 2.82. The number of benzene rings is 1. The van der Waals surface area contributed by atoms with Gasteiger partial charge in [0.05, 0.1) is 5.56 Å². The smallest absolute Gasteiger partial charge is 0.466 e. The molecule has 1 heterocycles. The second kappa shape index (κ2) is 6.76. The van der Waals surface area contributed by atoms with E-state index in [1.807, 2.05) is 5.43 Å². The SMILES string of the molecule is Cc1cc(C(=O)NNS(=O)(=O)c2ccccc2OC(F)(F)F)c(C)o1. The maximum Gasteiger partial charge on any atom is 0.573 e. The number of nitrogens with one attached hydrogen (secondary N) is 2. The second-order valence-electron chi connectivity index (χ2n) is 4.88. The van der Waals surface area contributed by atoms with E-state index in [-0.39, 0.29) is 11.3 Å². The largest absolute Gasteiger partial charge is 0.573 e. The summed E-state index contributed by atoms with van der Waals surface area (Å²) in [5.41, 5.74) is 1.99. The van der Waals surface area contributed by atoms with Gasteiger partial charge in [0.1, 0.15) is 22.2 Å². The third-order valence-corrected chi connectivity index (χ3v) is 4.24. The van der Waals surface area contributed by atoms with E-state index in [1.165, 1.54) is 25.1 Å². The van der Waals surface area contributed by atoms with Crippen LogP contribution in [0.5, 0.6) is 5.75 Å². The van der Waals surface area contributed by atoms with Gasteiger partial charge in [0.15, 0.2) is 0 Å². The van der Waals surface area contributed by atoms with Gasteiger partial charge in [-0.25, -0.2) is 8.42 Å². The number of para-hydroxylation sites is 1. The molecular formula is C14H13F3N2O5S. The second-order valence-corrected chi connectivity index (χ2v) is 6.53. The molecule has 0 aliphatic heterocycles. The van der Waals surface area contributed by atoms with Crippen molar-refractivity contribution < 1.29 is 35.5 Å². The molecule has 2 aromatic rings. The zero-order chi connectivity index (χ0) is 18.8. The molecule has 7 nitrogen and oxygen atoms in total. The Hall–Kier alpha value is -2.53. The van der Waals surface area contributed by atoms with Crippen LogP contribution in [0.15, 0.2) is 39.6 Å². The van der Waals surface area contributed by atoms with E-state index in [2.05, 4.69) is 4.74 Å². The highest BCUT2D eigenvalue weighted by Crippen LogP contribution is 2.29. The number of hydrogen-bond donors (Lipinski definition) is 2. The van der Waals surface area contributed by atoms with Crippen LogP contribution in [-0.4, -0.2) is 20.7 Å². The Morgan fingerprint density at radius 1 is 1.20 bits per heavy atom. The highest BCUT2D eigenvalue weighted by atomic mass is 32.2. The minimum Gasteiger partial charge on any atom is -0.466 e. The van der Waals surface area contributed by atoms with Gasteiger partial charge in [-0.15, -0.1) is 18.0 Å². The summed E-state index contributed by atoms with van der Waals surface area (Å²) in [7, 11) is -4.51. The van der Waals surface area contributed by atoms with Crippen molar-refractivity contribution in [2.75, 3.05) is 0 Å². The molecule has 11 heteroatoms. The number of rotatable bonds is 5. The van der Waals surface area contributed by atoms with Gasteiger partial charge in [-0.3, -0.25) is 10.2 Å². The molecule has 2 rings (SSSR count). The van der Waals surface area contributed by atoms with Crippen molar-refractivity contribution >= 4 is 15.9 Å². The van der Waals surface area contributed by atoms with Gasteiger partial charge in [-0.2, -0.15) is 0 Å². The number of furan rings is 1. The molecule has 1 aromatic carbocycles. The molecule has 0 aliphatic rings. The van der Waals surface area contributed by atoms with E-state index in [0.29, 0.717) is 5.76 Å². The van der Waals surface area contributed by atoms with Crippen LogP contribution < -0.4 is 15.0 Å². The van der Waals surface area contributed by atoms with Crippen LogP contribution in [-0.2, 0) is 10.0 Å². The van der Waals surface area contributed by atoms with E-state index in [1.54, 1.807) is 11.8 Å². The third kappa shape index (κ3) is 4.73. The van der Waals surface area contributed by atoms with Crippen LogP contribution in [0.4, 0.5) is 13.2 Å². The Bertz CT molecular complexity index is 890. The fourth-order valence-electron chi connectivity index (χ4n) is 1.97. The topological polar surface area (TPSA) is 97.6 Å². The van der Waals surface area contributed by atoms with Gasteiger partial charge in [0.2, 0.25) is 0 Å². The lowest BCUT2D eigenvalue weighted by Crippen LogP contribution is -2.41. The lowest BCUT2D eigenvalue weighted by molar-refractivity contribution is -0.275. The Labute approximate surface area is 140 Å². The first kappa shape index (κ1) is 18.8. The fraction of sp³-hybridized carbons (Fsp3) is 0.214. The summed E-state index contributed by atoms with van der Waals surface area (Å²) in [4.78, 5) is 12.9. The van der Waals surface area contributed by atoms with Crippen molar-refractivity contribution in [3.8, 4) is 5.75 Å². The predicted molar refractivity (Wildman–Crippen MR) is 79.1 cm³/mol. The molecular weight excluding hydrogens is 365 g/mol. The van der Waals surface area contributed by atoms with Crippen LogP contribution in [0, 0.1) is 13.8 Å². The molecule has 0 aliphatic carbocycles. The van der Waals surface area contributed by atoms with E-state index < -0.39 is 32.9 Å². The number of sulfonamides is 1. The molecule has 1 aromatic heterocycles. The van der Waals surface area contributed by atoms with Gasteiger partial charge in [-0.1, -0.05) is 12.1 Å². The molecule has 0 atom stereocenters. The monoisotopic (exact) mass is 378 g/mol. The molecule has 1 amide bonds. The molecule has 0 radical (unpaired) electrons. The first-order valence-corrected chi connectivity index (χ1v) is 8.22. The van der Waals surface area contributed by atoms with Gasteiger partial charge in [0, 0.05) is 0 Å². The number of carbonyl (C=O) groups is 1. The quantitative estimate of drug-likeness (QED) is 0.779. The van der Waals surface area contributed by atoms with Crippen molar-refractivity contribution in [1.29, 1.82) is 0 Å². The predicted octanol–water partition coefficient (Wildman–Crippen LogP) is 2.42. The molecule has 0 saturated heterocycles. The summed E-state index contributed by atoms with van der Waals surface area (Å²) >= 11 is 0. The number of ether oxygens (including phenoxy) is 1. The molecule has 0 bridgehead atoms. The van der Waals surface area contributed by atoms with Gasteiger partial charge < -0.3 is 9.15 Å². The van der Waals surface area contributed by atoms with E-state index in [9.17, 15) is 26.4 Å². The number of aryl methyl sites for hydroxylation is 2. The van der Waals surface area contributed by atoms with Crippen molar-refractivity contribution in [1.82, 2.24) is 10.3 Å². The number of hydrazine groups is 1. The summed E-state index contributed by atoms with van der Waals surface area (Å²) in [6.45, 7) is 3.10. The number of halogens is 3. The normalized spacial score (nSPS) is 12.0. The lowest BCUT2D eigenvalue weighted by atomic mass is 10.2. The molecule has 0 spiro atoms. The first-order chi connectivity index (χ1) is 11.5. The van der Waals surface area contributed by atoms with Crippen LogP contribution in [0.1, 0.15) is 21.9 Å². The summed E-state index contributed by atoms with van der Waals surface area (Å²) in [6.07, 6.45) is -5.07. The fourth-order valence-corrected chi connectivity index (χ4v) is 2.94. The maximum atomic E-state index is 12.4. The molecule has 136 valence electrons. The van der Waals surface area contributed by atoms with Crippen molar-refractivity contribution in [2.45, 2.75) is 25.1 Å². The Morgan fingerprint density at radius 3 is 2.40 bits per heavy atom. The summed E-state index contributed by atoms with van der Waals surface area (Å²) in [5.74, 6) is -1.05. The molecule has 0 saturated carbocycles. The highest BCUT2D eigenvalue weighted by Gasteiger charge is 2.34. The van der Waals surface area contributed by atoms with Gasteiger partial charge in [0.25, 0.3) is 15.9 Å². The Kier molecular flexibility index (Phi) is 5.09. The number of carbonyl (C=O) groups excluding carboxylic acids is 1. The van der Waals surface area contributed by atoms with E-state index in [0.717, 1.165) is 12.1 Å². The number of alkyl halides is 3. The third-order valence-electron chi connectivity index (χ3n) is 2.95. The summed E-state index contributed by atoms with van der Waals surface area (Å²) in [6, 6.07) is 5.52. The Morgan fingerprint density at radius 2 is 1.84 bits per heavy atom. The minimum atomic E-state index is -5.07. The van der Waals surface area contributed by atoms with E-state index >= 15 is 0 Å². The number of amides is 1. The Balaban J connectivity index is 2.20. The molecule has 0 unspecified atom stereocenters. The zero-order valence-electron chi connectivity index (χ0n) is 13.0. The van der Waals surface area contributed by atoms with E-state index in [4.69, 9.17) is 4.42 Å². The van der Waals surface area contributed by atoms with Crippen LogP contribution in [0.2, 0.25) is 0 Å². The molecule has 2 N–H and O–H groups in total. The average molecular weight is 378 g/mol. The lowest BCUT2D eigenvalue weighted by Gasteiger charge is -2.14. The highest BCUT2D eigenvalue weighted by molar-refractivity contribution is 7.89. The van der Waals surface area contributed by atoms with Gasteiger partial charge >= 0.3 is 6.36 Å². The maximum absolute atomic E-state index is 12.4. The number of hydrogen-bond acceptors (Lipinski definition) is 5. The van der Waals surface area contributed by atoms with Crippen molar-refractivity contribution in [3.63, 3.8) is 0 Å². The van der Waals surface area contributed by atoms with Crippen LogP contribution >= 0.6 is 0 Å². The van der Waals surface area contributed by atoms with Crippen molar-refractivity contribution in [3.05, 3.63) is 47.4 Å². The zero-order valence-corrected chi connectivity index (χ0v) is 13.8. The first-order valence-electron chi connectivity index (χ1n) is 6.73. The molecule has 25 heavy (non-hydrogen) atoms. The van der Waals surface area contributed by atoms with Crippen LogP contribution in [0.3, 0.4) is 0 Å². The minimum absolute atomic E-state index is 0.0834. The molecule has 0 fully saturated rings. The van der Waals surface area contributed by atoms with Crippen LogP contribution in [0.25, 0.3) is 0 Å².